The Morgan fingerprint density at radius 1 is 1.16 bits per heavy atom. The maximum Gasteiger partial charge on any atom is 0.228 e. The molecule has 1 saturated carbocycles. The van der Waals surface area contributed by atoms with E-state index in [1.54, 1.807) is 6.07 Å². The monoisotopic (exact) mass is 400 g/mol. The van der Waals surface area contributed by atoms with Crippen molar-refractivity contribution in [2.24, 2.45) is 11.7 Å². The van der Waals surface area contributed by atoms with Gasteiger partial charge in [0.1, 0.15) is 12.4 Å². The normalized spacial score (nSPS) is 18.2. The van der Waals surface area contributed by atoms with Crippen molar-refractivity contribution in [2.45, 2.75) is 12.3 Å². The first-order chi connectivity index (χ1) is 11.6. The van der Waals surface area contributed by atoms with Gasteiger partial charge in [-0.2, -0.15) is 0 Å². The van der Waals surface area contributed by atoms with Crippen LogP contribution in [0.15, 0.2) is 42.5 Å². The summed E-state index contributed by atoms with van der Waals surface area (Å²) in [4.78, 5) is 12.3. The van der Waals surface area contributed by atoms with E-state index in [4.69, 9.17) is 33.7 Å². The van der Waals surface area contributed by atoms with Crippen LogP contribution < -0.4 is 15.8 Å². The molecule has 0 radical (unpaired) electrons. The summed E-state index contributed by atoms with van der Waals surface area (Å²) in [6.45, 7) is 0.940. The number of hydrogen-bond acceptors (Lipinski definition) is 3. The molecule has 134 valence electrons. The maximum absolute atomic E-state index is 12.3. The van der Waals surface area contributed by atoms with Crippen LogP contribution in [0.2, 0.25) is 10.0 Å². The van der Waals surface area contributed by atoms with Crippen LogP contribution in [0.4, 0.5) is 5.69 Å². The molecule has 0 aliphatic heterocycles. The quantitative estimate of drug-likeness (QED) is 0.749. The zero-order chi connectivity index (χ0) is 17.1. The molecule has 3 rings (SSSR count). The molecule has 2 aromatic carbocycles. The van der Waals surface area contributed by atoms with Crippen LogP contribution in [0.3, 0.4) is 0 Å². The van der Waals surface area contributed by atoms with Gasteiger partial charge < -0.3 is 15.8 Å². The minimum Gasteiger partial charge on any atom is -0.492 e. The summed E-state index contributed by atoms with van der Waals surface area (Å²) in [6, 6.07) is 12.8. The lowest BCUT2D eigenvalue weighted by Crippen LogP contribution is -2.14. The van der Waals surface area contributed by atoms with E-state index in [9.17, 15) is 4.79 Å². The van der Waals surface area contributed by atoms with E-state index in [1.807, 2.05) is 36.4 Å². The van der Waals surface area contributed by atoms with Gasteiger partial charge in [-0.1, -0.05) is 29.3 Å². The summed E-state index contributed by atoms with van der Waals surface area (Å²) < 4.78 is 5.41. The summed E-state index contributed by atoms with van der Waals surface area (Å²) >= 11 is 12.0. The van der Waals surface area contributed by atoms with Gasteiger partial charge in [-0.05, 0) is 54.3 Å². The highest BCUT2D eigenvalue weighted by molar-refractivity contribution is 6.42. The van der Waals surface area contributed by atoms with Gasteiger partial charge in [-0.3, -0.25) is 4.79 Å². The van der Waals surface area contributed by atoms with Gasteiger partial charge in [0.2, 0.25) is 5.91 Å². The van der Waals surface area contributed by atoms with Crippen LogP contribution in [0.1, 0.15) is 17.9 Å². The first-order valence-corrected chi connectivity index (χ1v) is 8.53. The number of carbonyl (C=O) groups is 1. The Morgan fingerprint density at radius 2 is 1.88 bits per heavy atom. The van der Waals surface area contributed by atoms with Crippen molar-refractivity contribution in [3.8, 4) is 5.75 Å². The van der Waals surface area contributed by atoms with Crippen LogP contribution >= 0.6 is 35.6 Å². The molecule has 1 aliphatic carbocycles. The lowest BCUT2D eigenvalue weighted by Gasteiger charge is -2.08. The Balaban J connectivity index is 0.00000225. The molecule has 0 bridgehead atoms. The zero-order valence-electron chi connectivity index (χ0n) is 13.4. The third-order valence-electron chi connectivity index (χ3n) is 4.01. The van der Waals surface area contributed by atoms with E-state index in [0.717, 1.165) is 23.4 Å². The molecule has 4 nitrogen and oxygen atoms in total. The first-order valence-electron chi connectivity index (χ1n) is 7.77. The van der Waals surface area contributed by atoms with Gasteiger partial charge in [0.05, 0.1) is 10.0 Å². The second-order valence-electron chi connectivity index (χ2n) is 5.77. The van der Waals surface area contributed by atoms with Gasteiger partial charge in [0.15, 0.2) is 0 Å². The molecule has 1 amide bonds. The zero-order valence-corrected chi connectivity index (χ0v) is 15.7. The Morgan fingerprint density at radius 3 is 2.52 bits per heavy atom. The molecule has 7 heteroatoms. The average Bonchev–Trinajstić information content (AvgIpc) is 3.37. The second-order valence-corrected chi connectivity index (χ2v) is 6.59. The summed E-state index contributed by atoms with van der Waals surface area (Å²) in [6.07, 6.45) is 0.821. The van der Waals surface area contributed by atoms with Gasteiger partial charge in [-0.15, -0.1) is 12.4 Å². The van der Waals surface area contributed by atoms with E-state index in [0.29, 0.717) is 23.2 Å². The highest BCUT2D eigenvalue weighted by atomic mass is 35.5. The number of hydrogen-bond donors (Lipinski definition) is 2. The molecule has 0 aromatic heterocycles. The number of halogens is 3. The number of benzene rings is 2. The number of amides is 1. The largest absolute Gasteiger partial charge is 0.492 e. The van der Waals surface area contributed by atoms with E-state index >= 15 is 0 Å². The predicted octanol–water partition coefficient (Wildman–Crippen LogP) is 4.49. The van der Waals surface area contributed by atoms with Crippen LogP contribution in [0.25, 0.3) is 0 Å². The van der Waals surface area contributed by atoms with Crippen molar-refractivity contribution >= 4 is 47.2 Å². The Bertz CT molecular complexity index is 738. The van der Waals surface area contributed by atoms with Crippen molar-refractivity contribution in [2.75, 3.05) is 18.5 Å². The molecule has 2 aromatic rings. The van der Waals surface area contributed by atoms with Gasteiger partial charge in [-0.25, -0.2) is 0 Å². The molecule has 0 heterocycles. The fraction of sp³-hybridized carbons (Fsp3) is 0.278. The van der Waals surface area contributed by atoms with E-state index in [1.165, 1.54) is 0 Å². The average molecular weight is 402 g/mol. The molecule has 25 heavy (non-hydrogen) atoms. The third kappa shape index (κ3) is 5.02. The third-order valence-corrected chi connectivity index (χ3v) is 4.75. The predicted molar refractivity (Wildman–Crippen MR) is 104 cm³/mol. The summed E-state index contributed by atoms with van der Waals surface area (Å²) in [7, 11) is 0. The minimum atomic E-state index is -0.0320. The lowest BCUT2D eigenvalue weighted by molar-refractivity contribution is -0.117. The van der Waals surface area contributed by atoms with Crippen molar-refractivity contribution < 1.29 is 9.53 Å². The Hall–Kier alpha value is -1.46. The Labute approximate surface area is 163 Å². The molecular weight excluding hydrogens is 383 g/mol. The summed E-state index contributed by atoms with van der Waals surface area (Å²) in [5.74, 6) is 0.919. The van der Waals surface area contributed by atoms with E-state index in [-0.39, 0.29) is 30.2 Å². The highest BCUT2D eigenvalue weighted by Crippen LogP contribution is 2.48. The van der Waals surface area contributed by atoms with Crippen molar-refractivity contribution in [1.82, 2.24) is 0 Å². The van der Waals surface area contributed by atoms with E-state index < -0.39 is 0 Å². The highest BCUT2D eigenvalue weighted by Gasteiger charge is 2.44. The van der Waals surface area contributed by atoms with E-state index in [2.05, 4.69) is 5.32 Å². The Kier molecular flexibility index (Phi) is 6.96. The van der Waals surface area contributed by atoms with Crippen LogP contribution in [-0.4, -0.2) is 19.1 Å². The van der Waals surface area contributed by atoms with Crippen molar-refractivity contribution in [1.29, 1.82) is 0 Å². The number of ether oxygens (including phenoxy) is 1. The minimum absolute atomic E-state index is 0. The summed E-state index contributed by atoms with van der Waals surface area (Å²) in [5, 5.41) is 3.98. The summed E-state index contributed by atoms with van der Waals surface area (Å²) in [5.41, 5.74) is 7.19. The number of anilines is 1. The number of nitrogens with two attached hydrogens (primary N) is 1. The molecule has 1 fully saturated rings. The first kappa shape index (κ1) is 19.9. The standard InChI is InChI=1S/C18H18Cl2N2O2.ClH/c19-16-6-1-11(9-17(16)20)14-10-15(14)18(23)22-12-2-4-13(5-3-12)24-8-7-21;/h1-6,9,14-15H,7-8,10,21H2,(H,22,23);1H. The number of carbonyl (C=O) groups excluding carboxylic acids is 1. The molecule has 2 atom stereocenters. The van der Waals surface area contributed by atoms with Crippen LogP contribution in [-0.2, 0) is 4.79 Å². The topological polar surface area (TPSA) is 64.3 Å². The van der Waals surface area contributed by atoms with Crippen LogP contribution in [0.5, 0.6) is 5.75 Å². The molecule has 0 spiro atoms. The van der Waals surface area contributed by atoms with Crippen molar-refractivity contribution in [3.63, 3.8) is 0 Å². The fourth-order valence-electron chi connectivity index (χ4n) is 2.64. The molecule has 2 unspecified atom stereocenters. The van der Waals surface area contributed by atoms with Gasteiger partial charge in [0.25, 0.3) is 0 Å². The van der Waals surface area contributed by atoms with Crippen molar-refractivity contribution in [3.05, 3.63) is 58.1 Å². The van der Waals surface area contributed by atoms with Gasteiger partial charge in [0, 0.05) is 18.2 Å². The van der Waals surface area contributed by atoms with Gasteiger partial charge >= 0.3 is 0 Å². The maximum atomic E-state index is 12.3. The smallest absolute Gasteiger partial charge is 0.228 e. The molecular formula is C18H19Cl3N2O2. The lowest BCUT2D eigenvalue weighted by atomic mass is 10.1. The second kappa shape index (κ2) is 8.77. The fourth-order valence-corrected chi connectivity index (χ4v) is 2.95. The number of nitrogens with one attached hydrogen (secondary N) is 1. The molecule has 1 aliphatic rings. The molecule has 0 saturated heterocycles. The molecule has 3 N–H and O–H groups in total. The number of rotatable bonds is 6. The SMILES string of the molecule is Cl.NCCOc1ccc(NC(=O)C2CC2c2ccc(Cl)c(Cl)c2)cc1. The van der Waals surface area contributed by atoms with Crippen LogP contribution in [0, 0.1) is 5.92 Å².